The van der Waals surface area contributed by atoms with Gasteiger partial charge in [-0.15, -0.1) is 0 Å². The van der Waals surface area contributed by atoms with Gasteiger partial charge >= 0.3 is 0 Å². The van der Waals surface area contributed by atoms with Crippen LogP contribution >= 0.6 is 0 Å². The van der Waals surface area contributed by atoms with E-state index >= 15 is 0 Å². The number of piperidine rings is 1. The quantitative estimate of drug-likeness (QED) is 0.652. The number of hydrogen-bond acceptors (Lipinski definition) is 5. The van der Waals surface area contributed by atoms with E-state index in [1.807, 2.05) is 0 Å². The molecule has 0 spiro atoms. The second kappa shape index (κ2) is 6.96. The standard InChI is InChI=1S/C11H23N3O4S/c15-9-10-18-11-1-5-13(6-2-11)19(16,17)14-7-3-12-4-8-14/h11-12,15H,1-10H2. The fourth-order valence-electron chi connectivity index (χ4n) is 2.49. The third-order valence-corrected chi connectivity index (χ3v) is 5.61. The topological polar surface area (TPSA) is 82.1 Å². The van der Waals surface area contributed by atoms with Gasteiger partial charge in [-0.05, 0) is 12.8 Å². The van der Waals surface area contributed by atoms with E-state index in [-0.39, 0.29) is 12.7 Å². The molecule has 0 aromatic heterocycles. The van der Waals surface area contributed by atoms with Crippen molar-refractivity contribution >= 4 is 10.2 Å². The number of nitrogens with one attached hydrogen (secondary N) is 1. The van der Waals surface area contributed by atoms with Gasteiger partial charge in [-0.1, -0.05) is 0 Å². The predicted molar refractivity (Wildman–Crippen MR) is 71.0 cm³/mol. The smallest absolute Gasteiger partial charge is 0.282 e. The molecule has 2 N–H and O–H groups in total. The highest BCUT2D eigenvalue weighted by Gasteiger charge is 2.33. The fourth-order valence-corrected chi connectivity index (χ4v) is 4.13. The van der Waals surface area contributed by atoms with E-state index in [0.29, 0.717) is 45.6 Å². The Morgan fingerprint density at radius 3 is 2.26 bits per heavy atom. The molecule has 2 saturated heterocycles. The minimum Gasteiger partial charge on any atom is -0.394 e. The molecule has 0 unspecified atom stereocenters. The van der Waals surface area contributed by atoms with Crippen molar-refractivity contribution in [2.24, 2.45) is 0 Å². The SMILES string of the molecule is O=S(=O)(N1CCNCC1)N1CCC(OCCO)CC1. The summed E-state index contributed by atoms with van der Waals surface area (Å²) in [5.41, 5.74) is 0. The second-order valence-electron chi connectivity index (χ2n) is 4.85. The number of aliphatic hydroxyl groups excluding tert-OH is 1. The second-order valence-corrected chi connectivity index (χ2v) is 6.78. The van der Waals surface area contributed by atoms with Crippen molar-refractivity contribution < 1.29 is 18.3 Å². The molecular formula is C11H23N3O4S. The normalized spacial score (nSPS) is 24.7. The lowest BCUT2D eigenvalue weighted by Gasteiger charge is -2.36. The van der Waals surface area contributed by atoms with E-state index in [1.54, 1.807) is 8.61 Å². The first-order valence-electron chi connectivity index (χ1n) is 6.83. The molecule has 0 aromatic carbocycles. The van der Waals surface area contributed by atoms with Crippen molar-refractivity contribution in [2.45, 2.75) is 18.9 Å². The lowest BCUT2D eigenvalue weighted by atomic mass is 10.1. The van der Waals surface area contributed by atoms with Crippen LogP contribution < -0.4 is 5.32 Å². The summed E-state index contributed by atoms with van der Waals surface area (Å²) in [5.74, 6) is 0. The molecule has 112 valence electrons. The third kappa shape index (κ3) is 3.87. The Bertz CT molecular complexity index is 362. The van der Waals surface area contributed by atoms with Crippen molar-refractivity contribution in [2.75, 3.05) is 52.5 Å². The molecule has 7 nitrogen and oxygen atoms in total. The zero-order chi connectivity index (χ0) is 13.7. The summed E-state index contributed by atoms with van der Waals surface area (Å²) in [6.45, 7) is 3.87. The molecular weight excluding hydrogens is 270 g/mol. The molecule has 0 bridgehead atoms. The molecule has 0 aliphatic carbocycles. The van der Waals surface area contributed by atoms with Gasteiger partial charge in [-0.25, -0.2) is 0 Å². The minimum absolute atomic E-state index is 0.0132. The minimum atomic E-state index is -3.31. The van der Waals surface area contributed by atoms with Crippen LogP contribution in [0.5, 0.6) is 0 Å². The fraction of sp³-hybridized carbons (Fsp3) is 1.00. The predicted octanol–water partition coefficient (Wildman–Crippen LogP) is -1.39. The highest BCUT2D eigenvalue weighted by atomic mass is 32.2. The van der Waals surface area contributed by atoms with E-state index < -0.39 is 10.2 Å². The van der Waals surface area contributed by atoms with Crippen LogP contribution in [0.1, 0.15) is 12.8 Å². The lowest BCUT2D eigenvalue weighted by Crippen LogP contribution is -2.53. The van der Waals surface area contributed by atoms with Gasteiger partial charge in [0.1, 0.15) is 0 Å². The molecule has 2 rings (SSSR count). The summed E-state index contributed by atoms with van der Waals surface area (Å²) >= 11 is 0. The maximum Gasteiger partial charge on any atom is 0.282 e. The summed E-state index contributed by atoms with van der Waals surface area (Å²) in [5, 5.41) is 11.9. The van der Waals surface area contributed by atoms with E-state index in [2.05, 4.69) is 5.32 Å². The van der Waals surface area contributed by atoms with E-state index in [1.165, 1.54) is 0 Å². The number of rotatable bonds is 5. The van der Waals surface area contributed by atoms with Crippen molar-refractivity contribution in [3.05, 3.63) is 0 Å². The Balaban J connectivity index is 1.85. The van der Waals surface area contributed by atoms with Crippen LogP contribution in [0.2, 0.25) is 0 Å². The molecule has 19 heavy (non-hydrogen) atoms. The number of aliphatic hydroxyl groups is 1. The Morgan fingerprint density at radius 2 is 1.68 bits per heavy atom. The van der Waals surface area contributed by atoms with E-state index in [4.69, 9.17) is 9.84 Å². The Morgan fingerprint density at radius 1 is 1.11 bits per heavy atom. The van der Waals surface area contributed by atoms with Crippen molar-refractivity contribution in [3.63, 3.8) is 0 Å². The van der Waals surface area contributed by atoms with Gasteiger partial charge in [0.2, 0.25) is 0 Å². The summed E-state index contributed by atoms with van der Waals surface area (Å²) in [6.07, 6.45) is 1.47. The van der Waals surface area contributed by atoms with Crippen LogP contribution in [0.25, 0.3) is 0 Å². The maximum absolute atomic E-state index is 12.4. The van der Waals surface area contributed by atoms with Gasteiger partial charge in [0, 0.05) is 39.3 Å². The van der Waals surface area contributed by atoms with Crippen LogP contribution in [-0.2, 0) is 14.9 Å². The van der Waals surface area contributed by atoms with Crippen molar-refractivity contribution in [1.29, 1.82) is 0 Å². The molecule has 0 atom stereocenters. The van der Waals surface area contributed by atoms with Crippen LogP contribution in [0, 0.1) is 0 Å². The third-order valence-electron chi connectivity index (χ3n) is 3.57. The number of nitrogens with zero attached hydrogens (tertiary/aromatic N) is 2. The van der Waals surface area contributed by atoms with Gasteiger partial charge in [0.15, 0.2) is 0 Å². The van der Waals surface area contributed by atoms with Crippen molar-refractivity contribution in [1.82, 2.24) is 13.9 Å². The highest BCUT2D eigenvalue weighted by Crippen LogP contribution is 2.19. The van der Waals surface area contributed by atoms with Crippen LogP contribution in [0.15, 0.2) is 0 Å². The monoisotopic (exact) mass is 293 g/mol. The Kier molecular flexibility index (Phi) is 5.55. The Hall–Kier alpha value is -0.250. The van der Waals surface area contributed by atoms with Crippen LogP contribution in [-0.4, -0.2) is 80.7 Å². The van der Waals surface area contributed by atoms with E-state index in [0.717, 1.165) is 13.1 Å². The van der Waals surface area contributed by atoms with Crippen molar-refractivity contribution in [3.8, 4) is 0 Å². The number of ether oxygens (including phenoxy) is 1. The molecule has 0 amide bonds. The maximum atomic E-state index is 12.4. The summed E-state index contributed by atoms with van der Waals surface area (Å²) in [7, 11) is -3.31. The molecule has 2 aliphatic heterocycles. The first-order valence-corrected chi connectivity index (χ1v) is 8.22. The Labute approximate surface area is 114 Å². The largest absolute Gasteiger partial charge is 0.394 e. The zero-order valence-corrected chi connectivity index (χ0v) is 11.9. The van der Waals surface area contributed by atoms with Gasteiger partial charge in [-0.2, -0.15) is 17.0 Å². The zero-order valence-electron chi connectivity index (χ0n) is 11.1. The van der Waals surface area contributed by atoms with Crippen LogP contribution in [0.3, 0.4) is 0 Å². The summed E-state index contributed by atoms with van der Waals surface area (Å²) in [6, 6.07) is 0. The summed E-state index contributed by atoms with van der Waals surface area (Å²) < 4.78 is 33.4. The van der Waals surface area contributed by atoms with Gasteiger partial charge in [0.25, 0.3) is 10.2 Å². The van der Waals surface area contributed by atoms with Gasteiger partial charge < -0.3 is 15.2 Å². The van der Waals surface area contributed by atoms with Gasteiger partial charge in [0.05, 0.1) is 19.3 Å². The number of piperazine rings is 1. The summed E-state index contributed by atoms with van der Waals surface area (Å²) in [4.78, 5) is 0. The first-order chi connectivity index (χ1) is 9.14. The molecule has 0 aromatic rings. The molecule has 0 saturated carbocycles. The highest BCUT2D eigenvalue weighted by molar-refractivity contribution is 7.86. The van der Waals surface area contributed by atoms with Gasteiger partial charge in [-0.3, -0.25) is 0 Å². The molecule has 2 aliphatic rings. The average molecular weight is 293 g/mol. The number of hydrogen-bond donors (Lipinski definition) is 2. The average Bonchev–Trinajstić information content (AvgIpc) is 2.46. The molecule has 0 radical (unpaired) electrons. The first kappa shape index (κ1) is 15.1. The molecule has 2 fully saturated rings. The molecule has 2 heterocycles. The lowest BCUT2D eigenvalue weighted by molar-refractivity contribution is 0.00252. The van der Waals surface area contributed by atoms with E-state index in [9.17, 15) is 8.42 Å². The van der Waals surface area contributed by atoms with Crippen LogP contribution in [0.4, 0.5) is 0 Å². The molecule has 8 heteroatoms.